The monoisotopic (exact) mass is 431 g/mol. The Kier molecular flexibility index (Phi) is 7.62. The molecule has 1 amide bonds. The van der Waals surface area contributed by atoms with Crippen molar-refractivity contribution in [1.82, 2.24) is 10.6 Å². The van der Waals surface area contributed by atoms with E-state index in [-0.39, 0.29) is 24.9 Å². The standard InChI is InChI=1S/C24H31F2N3O2/c1-4-16-5-6-23-20(11-16)21(7-8-29(23)3)27-14-24(31)22(28-15(2)30)12-17-9-18(25)13-19(26)10-17/h5-6,9-11,13,21-22,24,27,31H,4,7-8,12,14H2,1-3H3,(H,28,30)/t21-,22-,24+/m0/s1. The van der Waals surface area contributed by atoms with Crippen LogP contribution in [0.5, 0.6) is 0 Å². The summed E-state index contributed by atoms with van der Waals surface area (Å²) in [5.41, 5.74) is 4.01. The number of amides is 1. The van der Waals surface area contributed by atoms with E-state index in [2.05, 4.69) is 47.7 Å². The van der Waals surface area contributed by atoms with E-state index < -0.39 is 23.8 Å². The van der Waals surface area contributed by atoms with Crippen LogP contribution in [-0.4, -0.2) is 43.3 Å². The fourth-order valence-electron chi connectivity index (χ4n) is 4.19. The Balaban J connectivity index is 1.71. The number of rotatable bonds is 8. The molecule has 0 aromatic heterocycles. The van der Waals surface area contributed by atoms with Gasteiger partial charge in [-0.15, -0.1) is 0 Å². The summed E-state index contributed by atoms with van der Waals surface area (Å²) in [6.07, 6.45) is 1.04. The van der Waals surface area contributed by atoms with E-state index in [9.17, 15) is 18.7 Å². The number of benzene rings is 2. The lowest BCUT2D eigenvalue weighted by molar-refractivity contribution is -0.120. The number of aliphatic hydroxyl groups excluding tert-OH is 1. The highest BCUT2D eigenvalue weighted by molar-refractivity contribution is 5.73. The summed E-state index contributed by atoms with van der Waals surface area (Å²) in [6, 6.07) is 9.13. The first-order valence-corrected chi connectivity index (χ1v) is 10.7. The van der Waals surface area contributed by atoms with E-state index in [1.165, 1.54) is 35.9 Å². The zero-order valence-electron chi connectivity index (χ0n) is 18.3. The van der Waals surface area contributed by atoms with Crippen LogP contribution in [0.4, 0.5) is 14.5 Å². The van der Waals surface area contributed by atoms with Crippen LogP contribution >= 0.6 is 0 Å². The topological polar surface area (TPSA) is 64.6 Å². The van der Waals surface area contributed by atoms with Crippen molar-refractivity contribution in [2.45, 2.75) is 51.3 Å². The van der Waals surface area contributed by atoms with Crippen molar-refractivity contribution >= 4 is 11.6 Å². The predicted octanol–water partition coefficient (Wildman–Crippen LogP) is 3.11. The van der Waals surface area contributed by atoms with Gasteiger partial charge in [0.15, 0.2) is 0 Å². The molecule has 0 radical (unpaired) electrons. The fraction of sp³-hybridized carbons (Fsp3) is 0.458. The zero-order chi connectivity index (χ0) is 22.5. The van der Waals surface area contributed by atoms with Gasteiger partial charge in [0, 0.05) is 44.9 Å². The molecule has 2 aromatic rings. The summed E-state index contributed by atoms with van der Waals surface area (Å²) in [4.78, 5) is 13.9. The Morgan fingerprint density at radius 2 is 1.90 bits per heavy atom. The highest BCUT2D eigenvalue weighted by atomic mass is 19.1. The second kappa shape index (κ2) is 10.2. The number of aliphatic hydroxyl groups is 1. The van der Waals surface area contributed by atoms with Crippen molar-refractivity contribution in [2.24, 2.45) is 0 Å². The lowest BCUT2D eigenvalue weighted by Crippen LogP contribution is -2.49. The van der Waals surface area contributed by atoms with Crippen LogP contribution < -0.4 is 15.5 Å². The number of nitrogens with one attached hydrogen (secondary N) is 2. The summed E-state index contributed by atoms with van der Waals surface area (Å²) in [5, 5.41) is 17.0. The van der Waals surface area contributed by atoms with E-state index in [0.717, 1.165) is 25.5 Å². The lowest BCUT2D eigenvalue weighted by Gasteiger charge is -2.35. The minimum Gasteiger partial charge on any atom is -0.390 e. The Morgan fingerprint density at radius 3 is 2.55 bits per heavy atom. The summed E-state index contributed by atoms with van der Waals surface area (Å²) < 4.78 is 27.1. The third-order valence-electron chi connectivity index (χ3n) is 5.84. The zero-order valence-corrected chi connectivity index (χ0v) is 18.3. The number of anilines is 1. The number of hydrogen-bond acceptors (Lipinski definition) is 4. The van der Waals surface area contributed by atoms with E-state index >= 15 is 0 Å². The highest BCUT2D eigenvalue weighted by Crippen LogP contribution is 2.33. The molecule has 5 nitrogen and oxygen atoms in total. The van der Waals surface area contributed by atoms with Gasteiger partial charge in [-0.25, -0.2) is 8.78 Å². The highest BCUT2D eigenvalue weighted by Gasteiger charge is 2.26. The van der Waals surface area contributed by atoms with Gasteiger partial charge in [0.05, 0.1) is 12.1 Å². The van der Waals surface area contributed by atoms with Crippen molar-refractivity contribution < 1.29 is 18.7 Å². The third kappa shape index (κ3) is 6.02. The van der Waals surface area contributed by atoms with Crippen LogP contribution in [0.3, 0.4) is 0 Å². The van der Waals surface area contributed by atoms with Crippen LogP contribution in [0.1, 0.15) is 43.0 Å². The molecular weight excluding hydrogens is 400 g/mol. The number of fused-ring (bicyclic) bond motifs is 1. The maximum atomic E-state index is 13.6. The minimum atomic E-state index is -0.923. The molecule has 3 atom stereocenters. The van der Waals surface area contributed by atoms with Crippen LogP contribution in [0.2, 0.25) is 0 Å². The number of carbonyl (C=O) groups excluding carboxylic acids is 1. The van der Waals surface area contributed by atoms with Crippen molar-refractivity contribution in [1.29, 1.82) is 0 Å². The van der Waals surface area contributed by atoms with Crippen LogP contribution in [0.25, 0.3) is 0 Å². The predicted molar refractivity (Wildman–Crippen MR) is 118 cm³/mol. The molecule has 1 aliphatic heterocycles. The van der Waals surface area contributed by atoms with Crippen molar-refractivity contribution in [3.05, 3.63) is 64.7 Å². The molecule has 3 rings (SSSR count). The number of carbonyl (C=O) groups is 1. The number of aryl methyl sites for hydroxylation is 1. The minimum absolute atomic E-state index is 0.0805. The Hall–Kier alpha value is -2.51. The third-order valence-corrected chi connectivity index (χ3v) is 5.84. The fourth-order valence-corrected chi connectivity index (χ4v) is 4.19. The second-order valence-electron chi connectivity index (χ2n) is 8.27. The quantitative estimate of drug-likeness (QED) is 0.601. The van der Waals surface area contributed by atoms with Gasteiger partial charge in [-0.1, -0.05) is 19.1 Å². The molecule has 0 unspecified atom stereocenters. The van der Waals surface area contributed by atoms with Gasteiger partial charge in [0.2, 0.25) is 5.91 Å². The van der Waals surface area contributed by atoms with Crippen molar-refractivity contribution in [3.63, 3.8) is 0 Å². The normalized spacial score (nSPS) is 17.7. The van der Waals surface area contributed by atoms with Crippen LogP contribution in [-0.2, 0) is 17.6 Å². The van der Waals surface area contributed by atoms with Crippen molar-refractivity contribution in [2.75, 3.05) is 25.0 Å². The van der Waals surface area contributed by atoms with Gasteiger partial charge >= 0.3 is 0 Å². The van der Waals surface area contributed by atoms with Gasteiger partial charge in [-0.3, -0.25) is 4.79 Å². The molecule has 0 bridgehead atoms. The molecular formula is C24H31F2N3O2. The molecule has 0 saturated carbocycles. The Bertz CT molecular complexity index is 901. The van der Waals surface area contributed by atoms with Gasteiger partial charge in [-0.2, -0.15) is 0 Å². The van der Waals surface area contributed by atoms with Gasteiger partial charge < -0.3 is 20.6 Å². The van der Waals surface area contributed by atoms with Crippen LogP contribution in [0.15, 0.2) is 36.4 Å². The molecule has 0 saturated heterocycles. The molecule has 31 heavy (non-hydrogen) atoms. The molecule has 1 heterocycles. The van der Waals surface area contributed by atoms with E-state index in [4.69, 9.17) is 0 Å². The maximum Gasteiger partial charge on any atom is 0.217 e. The average molecular weight is 432 g/mol. The summed E-state index contributed by atoms with van der Waals surface area (Å²) >= 11 is 0. The second-order valence-corrected chi connectivity index (χ2v) is 8.27. The molecule has 0 spiro atoms. The number of hydrogen-bond donors (Lipinski definition) is 3. The molecule has 168 valence electrons. The van der Waals surface area contributed by atoms with E-state index in [1.807, 2.05) is 0 Å². The van der Waals surface area contributed by atoms with Gasteiger partial charge in [0.25, 0.3) is 0 Å². The lowest BCUT2D eigenvalue weighted by atomic mass is 9.93. The molecule has 2 aromatic carbocycles. The summed E-state index contributed by atoms with van der Waals surface area (Å²) in [7, 11) is 2.07. The first kappa shape index (κ1) is 23.2. The van der Waals surface area contributed by atoms with E-state index in [1.54, 1.807) is 0 Å². The first-order valence-electron chi connectivity index (χ1n) is 10.7. The first-order chi connectivity index (χ1) is 14.8. The summed E-state index contributed by atoms with van der Waals surface area (Å²) in [6.45, 7) is 4.61. The Labute approximate surface area is 182 Å². The number of nitrogens with zero attached hydrogens (tertiary/aromatic N) is 1. The molecule has 0 fully saturated rings. The Morgan fingerprint density at radius 1 is 1.19 bits per heavy atom. The molecule has 1 aliphatic rings. The van der Waals surface area contributed by atoms with Crippen LogP contribution in [0, 0.1) is 11.6 Å². The van der Waals surface area contributed by atoms with Gasteiger partial charge in [-0.05, 0) is 54.2 Å². The maximum absolute atomic E-state index is 13.6. The SMILES string of the molecule is CCc1ccc2c(c1)[C@@H](NC[C@@H](O)[C@H](Cc1cc(F)cc(F)c1)NC(C)=O)CCN2C. The molecule has 3 N–H and O–H groups in total. The van der Waals surface area contributed by atoms with Gasteiger partial charge in [0.1, 0.15) is 11.6 Å². The largest absolute Gasteiger partial charge is 0.390 e. The van der Waals surface area contributed by atoms with Crippen molar-refractivity contribution in [3.8, 4) is 0 Å². The summed E-state index contributed by atoms with van der Waals surface area (Å²) in [5.74, 6) is -1.67. The molecule has 7 heteroatoms. The smallest absolute Gasteiger partial charge is 0.217 e. The number of halogens is 2. The van der Waals surface area contributed by atoms with E-state index in [0.29, 0.717) is 5.56 Å². The average Bonchev–Trinajstić information content (AvgIpc) is 2.71. The molecule has 0 aliphatic carbocycles.